The molecule has 31 heavy (non-hydrogen) atoms. The molecule has 0 fully saturated rings. The number of rotatable bonds is 6. The maximum Gasteiger partial charge on any atom is 0.416 e. The third-order valence-electron chi connectivity index (χ3n) is 4.43. The van der Waals surface area contributed by atoms with Gasteiger partial charge >= 0.3 is 6.18 Å². The number of nitrogens with one attached hydrogen (secondary N) is 2. The van der Waals surface area contributed by atoms with Crippen molar-refractivity contribution in [1.29, 1.82) is 0 Å². The Morgan fingerprint density at radius 2 is 1.81 bits per heavy atom. The first kappa shape index (κ1) is 23.0. The molecule has 0 aliphatic heterocycles. The summed E-state index contributed by atoms with van der Waals surface area (Å²) in [7, 11) is 0. The van der Waals surface area contributed by atoms with Crippen molar-refractivity contribution in [3.05, 3.63) is 64.2 Å². The average molecular weight is 472 g/mol. The Morgan fingerprint density at radius 3 is 2.39 bits per heavy atom. The number of alkyl halides is 3. The zero-order valence-electron chi connectivity index (χ0n) is 16.4. The predicted molar refractivity (Wildman–Crippen MR) is 115 cm³/mol. The van der Waals surface area contributed by atoms with E-state index in [0.29, 0.717) is 16.4 Å². The summed E-state index contributed by atoms with van der Waals surface area (Å²) in [6, 6.07) is 7.95. The van der Waals surface area contributed by atoms with Gasteiger partial charge in [0, 0.05) is 10.9 Å². The van der Waals surface area contributed by atoms with Crippen LogP contribution in [0, 0.1) is 11.7 Å². The molecule has 2 N–H and O–H groups in total. The molecule has 1 amide bonds. The molecule has 0 spiro atoms. The number of anilines is 2. The highest BCUT2D eigenvalue weighted by Gasteiger charge is 2.31. The highest BCUT2D eigenvalue weighted by Crippen LogP contribution is 2.34. The molecule has 3 rings (SSSR count). The Labute approximate surface area is 185 Å². The highest BCUT2D eigenvalue weighted by atomic mass is 35.5. The Bertz CT molecular complexity index is 1070. The molecule has 2 aromatic carbocycles. The monoisotopic (exact) mass is 471 g/mol. The van der Waals surface area contributed by atoms with E-state index in [1.165, 1.54) is 29.5 Å². The molecule has 0 radical (unpaired) electrons. The third-order valence-corrected chi connectivity index (χ3v) is 5.50. The quantitative estimate of drug-likeness (QED) is 0.393. The van der Waals surface area contributed by atoms with Crippen molar-refractivity contribution in [1.82, 2.24) is 4.98 Å². The van der Waals surface area contributed by atoms with E-state index in [1.807, 2.05) is 0 Å². The molecular formula is C21H18ClF4N3OS. The van der Waals surface area contributed by atoms with E-state index in [1.54, 1.807) is 31.4 Å². The standard InChI is InChI=1S/C21H18ClF4N3OS/c1-11(2)18(27-16-8-5-13(9-15(16)22)21(24,25)26)19(30)29-20-28-17(10-31-20)12-3-6-14(23)7-4-12/h3-11,18,27H,1-2H3,(H,28,29,30)/t18-/m1/s1. The van der Waals surface area contributed by atoms with Crippen LogP contribution >= 0.6 is 22.9 Å². The molecule has 0 saturated heterocycles. The van der Waals surface area contributed by atoms with Crippen molar-refractivity contribution < 1.29 is 22.4 Å². The van der Waals surface area contributed by atoms with Crippen molar-refractivity contribution in [3.8, 4) is 11.3 Å². The normalized spacial score (nSPS) is 12.6. The lowest BCUT2D eigenvalue weighted by atomic mass is 10.0. The van der Waals surface area contributed by atoms with E-state index >= 15 is 0 Å². The fourth-order valence-corrected chi connectivity index (χ4v) is 3.74. The van der Waals surface area contributed by atoms with Crippen LogP contribution < -0.4 is 10.6 Å². The number of hydrogen-bond acceptors (Lipinski definition) is 4. The second kappa shape index (κ2) is 9.23. The lowest BCUT2D eigenvalue weighted by molar-refractivity contribution is -0.137. The van der Waals surface area contributed by atoms with Crippen LogP contribution in [-0.4, -0.2) is 16.9 Å². The van der Waals surface area contributed by atoms with E-state index in [-0.39, 0.29) is 22.4 Å². The number of amides is 1. The van der Waals surface area contributed by atoms with Gasteiger partial charge < -0.3 is 10.6 Å². The molecule has 3 aromatic rings. The van der Waals surface area contributed by atoms with Gasteiger partial charge in [-0.05, 0) is 48.4 Å². The summed E-state index contributed by atoms with van der Waals surface area (Å²) < 4.78 is 51.6. The summed E-state index contributed by atoms with van der Waals surface area (Å²) in [6.07, 6.45) is -4.51. The third kappa shape index (κ3) is 5.74. The van der Waals surface area contributed by atoms with E-state index in [0.717, 1.165) is 12.1 Å². The van der Waals surface area contributed by atoms with Crippen molar-refractivity contribution in [2.45, 2.75) is 26.1 Å². The molecule has 4 nitrogen and oxygen atoms in total. The fraction of sp³-hybridized carbons (Fsp3) is 0.238. The molecule has 1 atom stereocenters. The van der Waals surface area contributed by atoms with E-state index in [9.17, 15) is 22.4 Å². The van der Waals surface area contributed by atoms with E-state index < -0.39 is 23.7 Å². The first-order valence-electron chi connectivity index (χ1n) is 9.20. The molecule has 0 bridgehead atoms. The van der Waals surface area contributed by atoms with Gasteiger partial charge in [-0.2, -0.15) is 13.2 Å². The van der Waals surface area contributed by atoms with Gasteiger partial charge in [0.1, 0.15) is 11.9 Å². The molecule has 0 saturated carbocycles. The van der Waals surface area contributed by atoms with Gasteiger partial charge in [-0.25, -0.2) is 9.37 Å². The lowest BCUT2D eigenvalue weighted by Gasteiger charge is -2.23. The molecule has 0 unspecified atom stereocenters. The summed E-state index contributed by atoms with van der Waals surface area (Å²) in [5.41, 5.74) is 0.632. The number of aromatic nitrogens is 1. The Hall–Kier alpha value is -2.65. The minimum atomic E-state index is -4.51. The number of carbonyl (C=O) groups excluding carboxylic acids is 1. The number of thiazole rings is 1. The Morgan fingerprint density at radius 1 is 1.13 bits per heavy atom. The Kier molecular flexibility index (Phi) is 6.86. The summed E-state index contributed by atoms with van der Waals surface area (Å²) in [5.74, 6) is -0.971. The van der Waals surface area contributed by atoms with Crippen molar-refractivity contribution in [3.63, 3.8) is 0 Å². The minimum Gasteiger partial charge on any atom is -0.372 e. The lowest BCUT2D eigenvalue weighted by Crippen LogP contribution is -2.39. The smallest absolute Gasteiger partial charge is 0.372 e. The minimum absolute atomic E-state index is 0.138. The summed E-state index contributed by atoms with van der Waals surface area (Å²) >= 11 is 7.20. The highest BCUT2D eigenvalue weighted by molar-refractivity contribution is 7.14. The van der Waals surface area contributed by atoms with Gasteiger partial charge in [-0.3, -0.25) is 4.79 Å². The van der Waals surface area contributed by atoms with Crippen molar-refractivity contribution >= 4 is 39.7 Å². The second-order valence-corrected chi connectivity index (χ2v) is 8.36. The van der Waals surface area contributed by atoms with Gasteiger partial charge in [0.25, 0.3) is 0 Å². The predicted octanol–water partition coefficient (Wildman–Crippen LogP) is 6.70. The summed E-state index contributed by atoms with van der Waals surface area (Å²) in [4.78, 5) is 17.1. The Balaban J connectivity index is 1.74. The zero-order valence-corrected chi connectivity index (χ0v) is 18.0. The molecule has 1 aromatic heterocycles. The topological polar surface area (TPSA) is 54.0 Å². The number of nitrogens with zero attached hydrogens (tertiary/aromatic N) is 1. The molecule has 10 heteroatoms. The zero-order chi connectivity index (χ0) is 22.8. The van der Waals surface area contributed by atoms with Crippen molar-refractivity contribution in [2.24, 2.45) is 5.92 Å². The van der Waals surface area contributed by atoms with Gasteiger partial charge in [0.05, 0.1) is 22.0 Å². The van der Waals surface area contributed by atoms with Gasteiger partial charge in [0.15, 0.2) is 5.13 Å². The molecule has 164 valence electrons. The van der Waals surface area contributed by atoms with Crippen LogP contribution in [0.25, 0.3) is 11.3 Å². The van der Waals surface area contributed by atoms with Crippen LogP contribution in [0.1, 0.15) is 19.4 Å². The maximum absolute atomic E-state index is 13.1. The average Bonchev–Trinajstić information content (AvgIpc) is 3.14. The fourth-order valence-electron chi connectivity index (χ4n) is 2.78. The van der Waals surface area contributed by atoms with Gasteiger partial charge in [0.2, 0.25) is 5.91 Å². The number of carbonyl (C=O) groups is 1. The molecule has 0 aliphatic carbocycles. The molecule has 1 heterocycles. The molecular weight excluding hydrogens is 454 g/mol. The van der Waals surface area contributed by atoms with E-state index in [2.05, 4.69) is 15.6 Å². The van der Waals surface area contributed by atoms with Crippen LogP contribution in [0.15, 0.2) is 47.8 Å². The van der Waals surface area contributed by atoms with Crippen LogP contribution in [0.5, 0.6) is 0 Å². The first-order chi connectivity index (χ1) is 14.5. The van der Waals surface area contributed by atoms with Crippen LogP contribution in [0.3, 0.4) is 0 Å². The summed E-state index contributed by atoms with van der Waals surface area (Å²) in [6.45, 7) is 3.59. The maximum atomic E-state index is 13.1. The number of hydrogen-bond donors (Lipinski definition) is 2. The number of halogens is 5. The SMILES string of the molecule is CC(C)[C@@H](Nc1ccc(C(F)(F)F)cc1Cl)C(=O)Nc1nc(-c2ccc(F)cc2)cs1. The summed E-state index contributed by atoms with van der Waals surface area (Å²) in [5, 5.41) is 7.56. The van der Waals surface area contributed by atoms with Gasteiger partial charge in [-0.1, -0.05) is 25.4 Å². The van der Waals surface area contributed by atoms with E-state index in [4.69, 9.17) is 11.6 Å². The van der Waals surface area contributed by atoms with Crippen LogP contribution in [-0.2, 0) is 11.0 Å². The van der Waals surface area contributed by atoms with Crippen LogP contribution in [0.4, 0.5) is 28.4 Å². The second-order valence-electron chi connectivity index (χ2n) is 7.09. The van der Waals surface area contributed by atoms with Gasteiger partial charge in [-0.15, -0.1) is 11.3 Å². The number of benzene rings is 2. The largest absolute Gasteiger partial charge is 0.416 e. The van der Waals surface area contributed by atoms with Crippen molar-refractivity contribution in [2.75, 3.05) is 10.6 Å². The first-order valence-corrected chi connectivity index (χ1v) is 10.5. The van der Waals surface area contributed by atoms with Crippen LogP contribution in [0.2, 0.25) is 5.02 Å². The molecule has 0 aliphatic rings.